The largest absolute Gasteiger partial charge is 0.393 e. The van der Waals surface area contributed by atoms with Gasteiger partial charge in [0.05, 0.1) is 6.10 Å². The molecule has 0 bridgehead atoms. The Kier molecular flexibility index (Phi) is 5.84. The van der Waals surface area contributed by atoms with Gasteiger partial charge in [0, 0.05) is 44.0 Å². The van der Waals surface area contributed by atoms with Crippen LogP contribution in [0.15, 0.2) is 24.3 Å². The first-order chi connectivity index (χ1) is 12.0. The molecule has 1 saturated heterocycles. The first-order valence-corrected chi connectivity index (χ1v) is 9.58. The molecule has 1 aliphatic heterocycles. The minimum atomic E-state index is -0.264. The molecule has 1 heterocycles. The molecule has 1 aromatic rings. The molecule has 1 saturated carbocycles. The summed E-state index contributed by atoms with van der Waals surface area (Å²) < 4.78 is 0. The summed E-state index contributed by atoms with van der Waals surface area (Å²) in [6.45, 7) is 5.08. The lowest BCUT2D eigenvalue weighted by molar-refractivity contribution is 0.116. The van der Waals surface area contributed by atoms with E-state index in [1.165, 1.54) is 18.5 Å². The van der Waals surface area contributed by atoms with E-state index in [1.807, 2.05) is 12.1 Å². The average molecular weight is 345 g/mol. The lowest BCUT2D eigenvalue weighted by Crippen LogP contribution is -2.37. The molecule has 2 fully saturated rings. The molecule has 2 unspecified atom stereocenters. The molecular weight excluding hydrogens is 314 g/mol. The molecule has 1 aliphatic carbocycles. The third-order valence-electron chi connectivity index (χ3n) is 5.72. The number of nitrogens with one attached hydrogen (secondary N) is 1. The summed E-state index contributed by atoms with van der Waals surface area (Å²) in [5.74, 6) is 1.01. The van der Waals surface area contributed by atoms with Crippen LogP contribution in [0.25, 0.3) is 0 Å². The summed E-state index contributed by atoms with van der Waals surface area (Å²) in [5.41, 5.74) is 2.01. The fourth-order valence-corrected chi connectivity index (χ4v) is 3.93. The van der Waals surface area contributed by atoms with E-state index in [-0.39, 0.29) is 18.1 Å². The van der Waals surface area contributed by atoms with Crippen molar-refractivity contribution in [1.82, 2.24) is 4.90 Å². The zero-order valence-corrected chi connectivity index (χ0v) is 15.4. The van der Waals surface area contributed by atoms with Crippen molar-refractivity contribution < 1.29 is 9.90 Å². The fraction of sp³-hybridized carbons (Fsp3) is 0.650. The van der Waals surface area contributed by atoms with E-state index in [1.54, 1.807) is 11.9 Å². The van der Waals surface area contributed by atoms with Gasteiger partial charge in [-0.25, -0.2) is 4.79 Å². The number of rotatable bonds is 4. The predicted molar refractivity (Wildman–Crippen MR) is 102 cm³/mol. The molecular formula is C20H31N3O2. The highest BCUT2D eigenvalue weighted by atomic mass is 16.3. The van der Waals surface area contributed by atoms with Gasteiger partial charge in [0.1, 0.15) is 0 Å². The van der Waals surface area contributed by atoms with Crippen LogP contribution in [-0.2, 0) is 0 Å². The Morgan fingerprint density at radius 2 is 2.04 bits per heavy atom. The molecule has 5 heteroatoms. The average Bonchev–Trinajstić information content (AvgIpc) is 3.00. The van der Waals surface area contributed by atoms with E-state index in [0.29, 0.717) is 6.54 Å². The van der Waals surface area contributed by atoms with E-state index in [2.05, 4.69) is 29.3 Å². The summed E-state index contributed by atoms with van der Waals surface area (Å²) in [6, 6.07) is 8.01. The summed E-state index contributed by atoms with van der Waals surface area (Å²) in [6.07, 6.45) is 5.10. The number of carbonyl (C=O) groups is 1. The molecule has 0 spiro atoms. The first kappa shape index (κ1) is 18.1. The molecule has 3 rings (SSSR count). The van der Waals surface area contributed by atoms with Gasteiger partial charge in [0.25, 0.3) is 0 Å². The third-order valence-corrected chi connectivity index (χ3v) is 5.72. The quantitative estimate of drug-likeness (QED) is 0.877. The second-order valence-corrected chi connectivity index (χ2v) is 7.79. The van der Waals surface area contributed by atoms with E-state index in [0.717, 1.165) is 44.0 Å². The number of benzene rings is 1. The molecule has 0 radical (unpaired) electrons. The number of aliphatic hydroxyl groups excluding tert-OH is 1. The van der Waals surface area contributed by atoms with Crippen LogP contribution < -0.4 is 10.2 Å². The van der Waals surface area contributed by atoms with Crippen molar-refractivity contribution in [3.63, 3.8) is 0 Å². The van der Waals surface area contributed by atoms with Gasteiger partial charge in [0.2, 0.25) is 0 Å². The minimum Gasteiger partial charge on any atom is -0.393 e. The lowest BCUT2D eigenvalue weighted by atomic mass is 9.99. The van der Waals surface area contributed by atoms with E-state index < -0.39 is 0 Å². The number of amides is 2. The molecule has 5 nitrogen and oxygen atoms in total. The molecule has 1 aromatic carbocycles. The standard InChI is InChI=1S/C20H31N3O2/c1-15-9-11-23(12-10-15)18-7-4-6-17(13-18)21-20(25)22(2)14-16-5-3-8-19(16)24/h4,6-7,13,15-16,19,24H,3,5,8-12,14H2,1-2H3,(H,21,25). The Hall–Kier alpha value is -1.75. The highest BCUT2D eigenvalue weighted by Crippen LogP contribution is 2.27. The molecule has 2 amide bonds. The molecule has 25 heavy (non-hydrogen) atoms. The molecule has 2 atom stereocenters. The number of piperidine rings is 1. The van der Waals surface area contributed by atoms with E-state index in [4.69, 9.17) is 0 Å². The van der Waals surface area contributed by atoms with Crippen LogP contribution in [-0.4, -0.2) is 48.8 Å². The smallest absolute Gasteiger partial charge is 0.321 e. The van der Waals surface area contributed by atoms with Gasteiger partial charge in [-0.05, 0) is 49.8 Å². The maximum Gasteiger partial charge on any atom is 0.321 e. The van der Waals surface area contributed by atoms with E-state index >= 15 is 0 Å². The van der Waals surface area contributed by atoms with Gasteiger partial charge in [-0.1, -0.05) is 19.4 Å². The van der Waals surface area contributed by atoms with Gasteiger partial charge < -0.3 is 20.2 Å². The predicted octanol–water partition coefficient (Wildman–Crippen LogP) is 3.55. The third kappa shape index (κ3) is 4.66. The van der Waals surface area contributed by atoms with Crippen LogP contribution in [0, 0.1) is 11.8 Å². The van der Waals surface area contributed by atoms with Crippen LogP contribution in [0.1, 0.15) is 39.0 Å². The Labute approximate surface area is 151 Å². The maximum atomic E-state index is 12.5. The summed E-state index contributed by atoms with van der Waals surface area (Å²) >= 11 is 0. The van der Waals surface area contributed by atoms with Crippen molar-refractivity contribution in [2.24, 2.45) is 11.8 Å². The summed E-state index contributed by atoms with van der Waals surface area (Å²) in [7, 11) is 1.80. The van der Waals surface area contributed by atoms with Crippen molar-refractivity contribution in [3.8, 4) is 0 Å². The van der Waals surface area contributed by atoms with Gasteiger partial charge in [-0.15, -0.1) is 0 Å². The Bertz CT molecular complexity index is 584. The number of hydrogen-bond donors (Lipinski definition) is 2. The van der Waals surface area contributed by atoms with Gasteiger partial charge in [-0.3, -0.25) is 0 Å². The van der Waals surface area contributed by atoms with Gasteiger partial charge in [0.15, 0.2) is 0 Å². The van der Waals surface area contributed by atoms with E-state index in [9.17, 15) is 9.90 Å². The van der Waals surface area contributed by atoms with Crippen LogP contribution >= 0.6 is 0 Å². The summed E-state index contributed by atoms with van der Waals surface area (Å²) in [5, 5.41) is 12.9. The Morgan fingerprint density at radius 1 is 1.28 bits per heavy atom. The topological polar surface area (TPSA) is 55.8 Å². The number of carbonyl (C=O) groups excluding carboxylic acids is 1. The van der Waals surface area contributed by atoms with Crippen LogP contribution in [0.5, 0.6) is 0 Å². The number of urea groups is 1. The number of aliphatic hydroxyl groups is 1. The van der Waals surface area contributed by atoms with Crippen molar-refractivity contribution in [3.05, 3.63) is 24.3 Å². The number of hydrogen-bond acceptors (Lipinski definition) is 3. The van der Waals surface area contributed by atoms with Crippen LogP contribution in [0.2, 0.25) is 0 Å². The van der Waals surface area contributed by atoms with Crippen LogP contribution in [0.3, 0.4) is 0 Å². The number of nitrogens with zero attached hydrogens (tertiary/aromatic N) is 2. The fourth-order valence-electron chi connectivity index (χ4n) is 3.93. The first-order valence-electron chi connectivity index (χ1n) is 9.58. The zero-order chi connectivity index (χ0) is 17.8. The van der Waals surface area contributed by atoms with Crippen molar-refractivity contribution >= 4 is 17.4 Å². The van der Waals surface area contributed by atoms with Crippen molar-refractivity contribution in [2.75, 3.05) is 36.9 Å². The molecule has 138 valence electrons. The zero-order valence-electron chi connectivity index (χ0n) is 15.4. The van der Waals surface area contributed by atoms with Crippen molar-refractivity contribution in [1.29, 1.82) is 0 Å². The minimum absolute atomic E-state index is 0.108. The SMILES string of the molecule is CC1CCN(c2cccc(NC(=O)N(C)CC3CCCC3O)c2)CC1. The Morgan fingerprint density at radius 3 is 2.72 bits per heavy atom. The lowest BCUT2D eigenvalue weighted by Gasteiger charge is -2.32. The van der Waals surface area contributed by atoms with Gasteiger partial charge >= 0.3 is 6.03 Å². The highest BCUT2D eigenvalue weighted by molar-refractivity contribution is 5.89. The number of anilines is 2. The Balaban J connectivity index is 1.56. The maximum absolute atomic E-state index is 12.5. The normalized spacial score (nSPS) is 24.4. The second kappa shape index (κ2) is 8.09. The summed E-state index contributed by atoms with van der Waals surface area (Å²) in [4.78, 5) is 16.5. The molecule has 0 aromatic heterocycles. The molecule has 2 N–H and O–H groups in total. The monoisotopic (exact) mass is 345 g/mol. The van der Waals surface area contributed by atoms with Crippen molar-refractivity contribution in [2.45, 2.75) is 45.1 Å². The van der Waals surface area contributed by atoms with Gasteiger partial charge in [-0.2, -0.15) is 0 Å². The molecule has 2 aliphatic rings. The second-order valence-electron chi connectivity index (χ2n) is 7.79. The highest BCUT2D eigenvalue weighted by Gasteiger charge is 2.27. The van der Waals surface area contributed by atoms with Crippen LogP contribution in [0.4, 0.5) is 16.2 Å².